The van der Waals surface area contributed by atoms with Gasteiger partial charge in [-0.2, -0.15) is 0 Å². The largest absolute Gasteiger partial charge is 0.446 e. The van der Waals surface area contributed by atoms with Crippen LogP contribution in [-0.4, -0.2) is 11.8 Å². The molecule has 3 aromatic carbocycles. The molecule has 1 atom stereocenters. The van der Waals surface area contributed by atoms with Gasteiger partial charge in [-0.1, -0.05) is 78.9 Å². The number of hydrogen-bond donors (Lipinski definition) is 0. The topological polar surface area (TPSA) is 43.4 Å². The molecule has 0 aromatic heterocycles. The molecule has 25 heavy (non-hydrogen) atoms. The van der Waals surface area contributed by atoms with E-state index in [0.29, 0.717) is 11.1 Å². The number of benzene rings is 3. The summed E-state index contributed by atoms with van der Waals surface area (Å²) in [5.74, 6) is -0.655. The molecule has 0 heterocycles. The van der Waals surface area contributed by atoms with Gasteiger partial charge in [-0.3, -0.25) is 4.79 Å². The zero-order chi connectivity index (χ0) is 17.5. The molecule has 0 aliphatic heterocycles. The van der Waals surface area contributed by atoms with Crippen LogP contribution in [0.2, 0.25) is 0 Å². The number of ether oxygens (including phenoxy) is 1. The highest BCUT2D eigenvalue weighted by Gasteiger charge is 2.25. The van der Waals surface area contributed by atoms with Crippen LogP contribution in [0.25, 0.3) is 0 Å². The normalized spacial score (nSPS) is 11.5. The minimum Gasteiger partial charge on any atom is -0.446 e. The SMILES string of the molecule is O=C(O[C@@H](C(=O)Cc1ccccc1)c1ccccc1)c1ccccc1. The van der Waals surface area contributed by atoms with Crippen molar-refractivity contribution in [2.45, 2.75) is 12.5 Å². The molecule has 124 valence electrons. The molecule has 0 bridgehead atoms. The van der Waals surface area contributed by atoms with Crippen molar-refractivity contribution < 1.29 is 14.3 Å². The van der Waals surface area contributed by atoms with Gasteiger partial charge >= 0.3 is 5.97 Å². The monoisotopic (exact) mass is 330 g/mol. The third-order valence-corrected chi connectivity index (χ3v) is 3.85. The van der Waals surface area contributed by atoms with Gasteiger partial charge in [0, 0.05) is 12.0 Å². The molecule has 3 aromatic rings. The van der Waals surface area contributed by atoms with Crippen LogP contribution in [0.15, 0.2) is 91.0 Å². The van der Waals surface area contributed by atoms with Crippen molar-refractivity contribution in [3.8, 4) is 0 Å². The minimum absolute atomic E-state index is 0.151. The number of Topliss-reactive ketones (excluding diaryl/α,β-unsaturated/α-hetero) is 1. The Labute approximate surface area is 146 Å². The predicted octanol–water partition coefficient (Wildman–Crippen LogP) is 4.40. The highest BCUT2D eigenvalue weighted by Crippen LogP contribution is 2.22. The first kappa shape index (κ1) is 16.7. The Morgan fingerprint density at radius 2 is 1.24 bits per heavy atom. The van der Waals surface area contributed by atoms with Crippen LogP contribution in [0.1, 0.15) is 27.6 Å². The summed E-state index contributed by atoms with van der Waals surface area (Å²) in [5, 5.41) is 0. The number of hydrogen-bond acceptors (Lipinski definition) is 3. The summed E-state index contributed by atoms with van der Waals surface area (Å²) >= 11 is 0. The molecular formula is C22H18O3. The lowest BCUT2D eigenvalue weighted by molar-refractivity contribution is -0.127. The third-order valence-electron chi connectivity index (χ3n) is 3.85. The lowest BCUT2D eigenvalue weighted by Crippen LogP contribution is -2.21. The molecular weight excluding hydrogens is 312 g/mol. The van der Waals surface area contributed by atoms with Crippen LogP contribution in [-0.2, 0) is 16.0 Å². The van der Waals surface area contributed by atoms with E-state index in [1.54, 1.807) is 36.4 Å². The molecule has 0 saturated heterocycles. The number of carbonyl (C=O) groups is 2. The second-order valence-electron chi connectivity index (χ2n) is 5.69. The molecule has 3 nitrogen and oxygen atoms in total. The molecule has 0 radical (unpaired) electrons. The summed E-state index contributed by atoms with van der Waals surface area (Å²) in [7, 11) is 0. The van der Waals surface area contributed by atoms with E-state index in [2.05, 4.69) is 0 Å². The van der Waals surface area contributed by atoms with Gasteiger partial charge in [0.05, 0.1) is 5.56 Å². The molecule has 0 spiro atoms. The van der Waals surface area contributed by atoms with Gasteiger partial charge in [0.25, 0.3) is 0 Å². The van der Waals surface area contributed by atoms with Crippen molar-refractivity contribution >= 4 is 11.8 Å². The third kappa shape index (κ3) is 4.42. The predicted molar refractivity (Wildman–Crippen MR) is 96.2 cm³/mol. The Morgan fingerprint density at radius 3 is 1.84 bits per heavy atom. The highest BCUT2D eigenvalue weighted by molar-refractivity contribution is 5.93. The molecule has 0 aliphatic rings. The maximum Gasteiger partial charge on any atom is 0.339 e. The van der Waals surface area contributed by atoms with Gasteiger partial charge < -0.3 is 4.74 Å². The number of esters is 1. The Bertz CT molecular complexity index is 827. The van der Waals surface area contributed by atoms with E-state index in [1.165, 1.54) is 0 Å². The average molecular weight is 330 g/mol. The number of ketones is 1. The quantitative estimate of drug-likeness (QED) is 0.629. The summed E-state index contributed by atoms with van der Waals surface area (Å²) in [4.78, 5) is 25.2. The van der Waals surface area contributed by atoms with E-state index in [9.17, 15) is 9.59 Å². The molecule has 0 fully saturated rings. The Hall–Kier alpha value is -3.20. The van der Waals surface area contributed by atoms with E-state index in [4.69, 9.17) is 4.74 Å². The fourth-order valence-electron chi connectivity index (χ4n) is 2.59. The maximum absolute atomic E-state index is 12.8. The fourth-order valence-corrected chi connectivity index (χ4v) is 2.59. The van der Waals surface area contributed by atoms with E-state index in [1.807, 2.05) is 54.6 Å². The second-order valence-corrected chi connectivity index (χ2v) is 5.69. The Morgan fingerprint density at radius 1 is 0.720 bits per heavy atom. The molecule has 3 heteroatoms. The summed E-state index contributed by atoms with van der Waals surface area (Å²) in [5.41, 5.74) is 1.99. The Kier molecular flexibility index (Phi) is 5.37. The van der Waals surface area contributed by atoms with Gasteiger partial charge in [0.2, 0.25) is 0 Å². The Balaban J connectivity index is 1.83. The zero-order valence-corrected chi connectivity index (χ0v) is 13.7. The van der Waals surface area contributed by atoms with Crippen molar-refractivity contribution in [2.75, 3.05) is 0 Å². The summed E-state index contributed by atoms with van der Waals surface area (Å²) in [6.45, 7) is 0. The smallest absolute Gasteiger partial charge is 0.339 e. The minimum atomic E-state index is -0.922. The van der Waals surface area contributed by atoms with Crippen molar-refractivity contribution in [3.63, 3.8) is 0 Å². The molecule has 0 aliphatic carbocycles. The molecule has 0 unspecified atom stereocenters. The standard InChI is InChI=1S/C22H18O3/c23-20(16-17-10-4-1-5-11-17)21(18-12-6-2-7-13-18)25-22(24)19-14-8-3-9-15-19/h1-15,21H,16H2/t21-/m1/s1. The van der Waals surface area contributed by atoms with E-state index in [-0.39, 0.29) is 12.2 Å². The van der Waals surface area contributed by atoms with Gasteiger partial charge in [-0.15, -0.1) is 0 Å². The van der Waals surface area contributed by atoms with Crippen LogP contribution < -0.4 is 0 Å². The first-order chi connectivity index (χ1) is 12.2. The van der Waals surface area contributed by atoms with Crippen molar-refractivity contribution in [1.82, 2.24) is 0 Å². The van der Waals surface area contributed by atoms with Crippen molar-refractivity contribution in [2.24, 2.45) is 0 Å². The number of rotatable bonds is 6. The van der Waals surface area contributed by atoms with Crippen LogP contribution >= 0.6 is 0 Å². The van der Waals surface area contributed by atoms with Crippen LogP contribution in [0.4, 0.5) is 0 Å². The molecule has 0 saturated carbocycles. The highest BCUT2D eigenvalue weighted by atomic mass is 16.5. The first-order valence-electron chi connectivity index (χ1n) is 8.11. The lowest BCUT2D eigenvalue weighted by atomic mass is 10.00. The van der Waals surface area contributed by atoms with Gasteiger partial charge in [0.15, 0.2) is 11.9 Å². The van der Waals surface area contributed by atoms with Gasteiger partial charge in [0.1, 0.15) is 0 Å². The van der Waals surface area contributed by atoms with Crippen molar-refractivity contribution in [3.05, 3.63) is 108 Å². The molecule has 0 amide bonds. The molecule has 0 N–H and O–H groups in total. The van der Waals surface area contributed by atoms with E-state index in [0.717, 1.165) is 5.56 Å². The fraction of sp³-hybridized carbons (Fsp3) is 0.0909. The first-order valence-corrected chi connectivity index (χ1v) is 8.11. The van der Waals surface area contributed by atoms with Crippen LogP contribution in [0.3, 0.4) is 0 Å². The van der Waals surface area contributed by atoms with Gasteiger partial charge in [-0.05, 0) is 17.7 Å². The molecule has 3 rings (SSSR count). The van der Waals surface area contributed by atoms with E-state index >= 15 is 0 Å². The average Bonchev–Trinajstić information content (AvgIpc) is 2.68. The summed E-state index contributed by atoms with van der Waals surface area (Å²) < 4.78 is 5.57. The van der Waals surface area contributed by atoms with E-state index < -0.39 is 12.1 Å². The maximum atomic E-state index is 12.8. The summed E-state index contributed by atoms with van der Waals surface area (Å²) in [6.07, 6.45) is -0.711. The van der Waals surface area contributed by atoms with Crippen molar-refractivity contribution in [1.29, 1.82) is 0 Å². The number of carbonyl (C=O) groups excluding carboxylic acids is 2. The second kappa shape index (κ2) is 8.06. The summed E-state index contributed by atoms with van der Waals surface area (Å²) in [6, 6.07) is 27.3. The van der Waals surface area contributed by atoms with Gasteiger partial charge in [-0.25, -0.2) is 4.79 Å². The lowest BCUT2D eigenvalue weighted by Gasteiger charge is -2.17. The van der Waals surface area contributed by atoms with Crippen LogP contribution in [0.5, 0.6) is 0 Å². The zero-order valence-electron chi connectivity index (χ0n) is 13.7. The van der Waals surface area contributed by atoms with Crippen LogP contribution in [0, 0.1) is 0 Å².